The highest BCUT2D eigenvalue weighted by Crippen LogP contribution is 2.32. The second kappa shape index (κ2) is 10.8. The molecule has 1 aromatic heterocycles. The molecule has 0 radical (unpaired) electrons. The molecule has 0 aliphatic carbocycles. The van der Waals surface area contributed by atoms with Crippen LogP contribution in [0.4, 0.5) is 15.4 Å². The van der Waals surface area contributed by atoms with Gasteiger partial charge in [-0.1, -0.05) is 18.2 Å². The first-order valence-corrected chi connectivity index (χ1v) is 11.2. The minimum absolute atomic E-state index is 0.238. The highest BCUT2D eigenvalue weighted by molar-refractivity contribution is 5.89. The van der Waals surface area contributed by atoms with E-state index in [0.29, 0.717) is 23.8 Å². The number of carbonyl (C=O) groups is 2. The Morgan fingerprint density at radius 2 is 1.82 bits per heavy atom. The van der Waals surface area contributed by atoms with Crippen LogP contribution in [-0.2, 0) is 27.2 Å². The van der Waals surface area contributed by atoms with E-state index in [1.165, 1.54) is 24.0 Å². The van der Waals surface area contributed by atoms with Gasteiger partial charge in [0.2, 0.25) is 6.29 Å². The third-order valence-corrected chi connectivity index (χ3v) is 5.21. The smallest absolute Gasteiger partial charge is 0.420 e. The van der Waals surface area contributed by atoms with Gasteiger partial charge in [0.1, 0.15) is 22.9 Å². The summed E-state index contributed by atoms with van der Waals surface area (Å²) in [4.78, 5) is 33.3. The van der Waals surface area contributed by atoms with E-state index in [1.54, 1.807) is 31.3 Å². The van der Waals surface area contributed by atoms with Gasteiger partial charge in [0.05, 0.1) is 6.54 Å². The number of fused-ring (bicyclic) bond motifs is 1. The monoisotopic (exact) mass is 471 g/mol. The SMILES string of the molecule is COC(OC)c1nc2c(cc1CN(C)C(=O)OC(C)(C)C)CCCN2C(=O)Oc1ccccc1. The Bertz CT molecular complexity index is 1000. The van der Waals surface area contributed by atoms with E-state index in [2.05, 4.69) is 0 Å². The van der Waals surface area contributed by atoms with Crippen molar-refractivity contribution < 1.29 is 28.5 Å². The standard InChI is InChI=1S/C25H33N3O6/c1-25(2,3)34-23(29)27(4)16-18-15-17-11-10-14-28(21(17)26-20(18)22(31-5)32-6)24(30)33-19-12-8-7-9-13-19/h7-9,12-13,15,22H,10-11,14,16H2,1-6H3. The summed E-state index contributed by atoms with van der Waals surface area (Å²) in [7, 11) is 4.69. The van der Waals surface area contributed by atoms with Gasteiger partial charge in [0.25, 0.3) is 0 Å². The molecule has 0 unspecified atom stereocenters. The van der Waals surface area contributed by atoms with Crippen molar-refractivity contribution in [3.63, 3.8) is 0 Å². The summed E-state index contributed by atoms with van der Waals surface area (Å²) in [5, 5.41) is 0. The normalized spacial score (nSPS) is 13.4. The van der Waals surface area contributed by atoms with Crippen molar-refractivity contribution in [3.8, 4) is 5.75 Å². The van der Waals surface area contributed by atoms with Crippen LogP contribution in [0, 0.1) is 0 Å². The highest BCUT2D eigenvalue weighted by atomic mass is 16.7. The van der Waals surface area contributed by atoms with Crippen LogP contribution in [0.1, 0.15) is 50.3 Å². The molecule has 1 aliphatic heterocycles. The van der Waals surface area contributed by atoms with Crippen molar-refractivity contribution in [2.75, 3.05) is 32.7 Å². The maximum absolute atomic E-state index is 13.0. The fourth-order valence-electron chi connectivity index (χ4n) is 3.69. The number of ether oxygens (including phenoxy) is 4. The maximum atomic E-state index is 13.0. The molecule has 184 valence electrons. The predicted molar refractivity (Wildman–Crippen MR) is 127 cm³/mol. The molecular weight excluding hydrogens is 438 g/mol. The molecule has 0 saturated heterocycles. The quantitative estimate of drug-likeness (QED) is 0.565. The number of methoxy groups -OCH3 is 2. The number of carbonyl (C=O) groups excluding carboxylic acids is 2. The van der Waals surface area contributed by atoms with Gasteiger partial charge < -0.3 is 23.8 Å². The number of nitrogens with zero attached hydrogens (tertiary/aromatic N) is 3. The molecule has 0 spiro atoms. The third kappa shape index (κ3) is 6.24. The molecule has 2 aromatic rings. The molecule has 0 fully saturated rings. The van der Waals surface area contributed by atoms with E-state index >= 15 is 0 Å². The summed E-state index contributed by atoms with van der Waals surface area (Å²) < 4.78 is 22.0. The molecule has 0 N–H and O–H groups in total. The maximum Gasteiger partial charge on any atom is 0.420 e. The van der Waals surface area contributed by atoms with Gasteiger partial charge in [-0.2, -0.15) is 0 Å². The molecule has 1 aliphatic rings. The number of anilines is 1. The average molecular weight is 472 g/mol. The van der Waals surface area contributed by atoms with E-state index in [9.17, 15) is 9.59 Å². The summed E-state index contributed by atoms with van der Waals surface area (Å²) in [6.07, 6.45) is -0.226. The lowest BCUT2D eigenvalue weighted by Crippen LogP contribution is -2.39. The molecule has 0 saturated carbocycles. The first-order valence-electron chi connectivity index (χ1n) is 11.2. The van der Waals surface area contributed by atoms with E-state index in [-0.39, 0.29) is 6.54 Å². The lowest BCUT2D eigenvalue weighted by atomic mass is 10.0. The molecule has 2 heterocycles. The fraction of sp³-hybridized carbons (Fsp3) is 0.480. The molecule has 2 amide bonds. The van der Waals surface area contributed by atoms with Crippen molar-refractivity contribution in [3.05, 3.63) is 53.2 Å². The zero-order valence-electron chi connectivity index (χ0n) is 20.7. The molecule has 1 aromatic carbocycles. The number of aromatic nitrogens is 1. The summed E-state index contributed by atoms with van der Waals surface area (Å²) in [5.74, 6) is 0.965. The first-order chi connectivity index (χ1) is 16.1. The Kier molecular flexibility index (Phi) is 8.11. The lowest BCUT2D eigenvalue weighted by Gasteiger charge is -2.30. The van der Waals surface area contributed by atoms with Crippen molar-refractivity contribution >= 4 is 18.0 Å². The van der Waals surface area contributed by atoms with Crippen LogP contribution in [0.25, 0.3) is 0 Å². The second-order valence-corrected chi connectivity index (χ2v) is 9.09. The van der Waals surface area contributed by atoms with E-state index < -0.39 is 24.1 Å². The minimum Gasteiger partial charge on any atom is -0.444 e. The summed E-state index contributed by atoms with van der Waals surface area (Å²) in [6.45, 7) is 6.17. The number of hydrogen-bond acceptors (Lipinski definition) is 7. The Balaban J connectivity index is 1.93. The van der Waals surface area contributed by atoms with E-state index in [4.69, 9.17) is 23.9 Å². The number of benzene rings is 1. The molecule has 9 heteroatoms. The first kappa shape index (κ1) is 25.5. The highest BCUT2D eigenvalue weighted by Gasteiger charge is 2.30. The minimum atomic E-state index is -0.777. The van der Waals surface area contributed by atoms with Crippen LogP contribution in [0.2, 0.25) is 0 Å². The van der Waals surface area contributed by atoms with Crippen molar-refractivity contribution in [1.29, 1.82) is 0 Å². The van der Waals surface area contributed by atoms with Gasteiger partial charge in [-0.05, 0) is 62.9 Å². The number of rotatable bonds is 6. The Hall–Kier alpha value is -3.17. The summed E-state index contributed by atoms with van der Waals surface area (Å²) in [5.41, 5.74) is 1.51. The van der Waals surface area contributed by atoms with E-state index in [1.807, 2.05) is 32.9 Å². The van der Waals surface area contributed by atoms with Crippen molar-refractivity contribution in [1.82, 2.24) is 9.88 Å². The van der Waals surface area contributed by atoms with Gasteiger partial charge in [-0.3, -0.25) is 4.90 Å². The zero-order valence-corrected chi connectivity index (χ0v) is 20.7. The Morgan fingerprint density at radius 1 is 1.15 bits per heavy atom. The summed E-state index contributed by atoms with van der Waals surface area (Å²) in [6, 6.07) is 10.9. The molecular formula is C25H33N3O6. The fourth-order valence-corrected chi connectivity index (χ4v) is 3.69. The number of amides is 2. The van der Waals surface area contributed by atoms with Gasteiger partial charge in [0.15, 0.2) is 0 Å². The van der Waals surface area contributed by atoms with Gasteiger partial charge >= 0.3 is 12.2 Å². The average Bonchev–Trinajstić information content (AvgIpc) is 2.79. The van der Waals surface area contributed by atoms with Crippen LogP contribution < -0.4 is 9.64 Å². The largest absolute Gasteiger partial charge is 0.444 e. The summed E-state index contributed by atoms with van der Waals surface area (Å²) >= 11 is 0. The third-order valence-electron chi connectivity index (χ3n) is 5.21. The molecule has 3 rings (SSSR count). The van der Waals surface area contributed by atoms with Crippen LogP contribution >= 0.6 is 0 Å². The topological polar surface area (TPSA) is 90.4 Å². The van der Waals surface area contributed by atoms with Gasteiger partial charge in [-0.15, -0.1) is 0 Å². The molecule has 9 nitrogen and oxygen atoms in total. The Labute approximate surface area is 200 Å². The van der Waals surface area contributed by atoms with Crippen molar-refractivity contribution in [2.45, 2.75) is 52.0 Å². The molecule has 0 bridgehead atoms. The number of hydrogen-bond donors (Lipinski definition) is 0. The van der Waals surface area contributed by atoms with Crippen LogP contribution in [0.3, 0.4) is 0 Å². The molecule has 34 heavy (non-hydrogen) atoms. The van der Waals surface area contributed by atoms with Crippen LogP contribution in [-0.4, -0.2) is 55.5 Å². The predicted octanol–water partition coefficient (Wildman–Crippen LogP) is 4.69. The number of aryl methyl sites for hydroxylation is 1. The Morgan fingerprint density at radius 3 is 2.44 bits per heavy atom. The number of para-hydroxylation sites is 1. The van der Waals surface area contributed by atoms with Crippen molar-refractivity contribution in [2.24, 2.45) is 0 Å². The van der Waals surface area contributed by atoms with Crippen LogP contribution in [0.5, 0.6) is 5.75 Å². The number of pyridine rings is 1. The van der Waals surface area contributed by atoms with Crippen LogP contribution in [0.15, 0.2) is 36.4 Å². The second-order valence-electron chi connectivity index (χ2n) is 9.09. The van der Waals surface area contributed by atoms with E-state index in [0.717, 1.165) is 24.0 Å². The van der Waals surface area contributed by atoms with Gasteiger partial charge in [-0.25, -0.2) is 14.6 Å². The lowest BCUT2D eigenvalue weighted by molar-refractivity contribution is -0.109. The molecule has 0 atom stereocenters. The zero-order chi connectivity index (χ0) is 24.9. The van der Waals surface area contributed by atoms with Gasteiger partial charge in [0, 0.05) is 27.8 Å².